The first kappa shape index (κ1) is 37.8. The summed E-state index contributed by atoms with van der Waals surface area (Å²) in [7, 11) is 3.01. The molecule has 0 spiro atoms. The molecule has 3 aliphatic heterocycles. The van der Waals surface area contributed by atoms with Gasteiger partial charge in [0.1, 0.15) is 34.6 Å². The van der Waals surface area contributed by atoms with Crippen molar-refractivity contribution < 1.29 is 42.7 Å². The lowest BCUT2D eigenvalue weighted by Gasteiger charge is -2.44. The Labute approximate surface area is 316 Å². The van der Waals surface area contributed by atoms with Gasteiger partial charge in [0.2, 0.25) is 0 Å². The van der Waals surface area contributed by atoms with Crippen LogP contribution >= 0.6 is 23.2 Å². The molecule has 3 fully saturated rings. The van der Waals surface area contributed by atoms with Gasteiger partial charge < -0.3 is 29.6 Å². The van der Waals surface area contributed by atoms with Crippen molar-refractivity contribution in [1.29, 1.82) is 0 Å². The molecule has 0 aliphatic carbocycles. The number of esters is 2. The third-order valence-corrected chi connectivity index (χ3v) is 10.3. The van der Waals surface area contributed by atoms with E-state index in [0.717, 1.165) is 25.9 Å². The molecule has 2 bridgehead atoms. The van der Waals surface area contributed by atoms with Crippen molar-refractivity contribution in [3.8, 4) is 11.5 Å². The highest BCUT2D eigenvalue weighted by Gasteiger charge is 2.38. The van der Waals surface area contributed by atoms with E-state index in [2.05, 4.69) is 20.5 Å². The molecule has 4 aromatic rings. The van der Waals surface area contributed by atoms with E-state index in [0.29, 0.717) is 44.9 Å². The Morgan fingerprint density at radius 2 is 1.68 bits per heavy atom. The van der Waals surface area contributed by atoms with Crippen LogP contribution in [0.3, 0.4) is 0 Å². The molecule has 3 atom stereocenters. The van der Waals surface area contributed by atoms with Crippen LogP contribution in [0.5, 0.6) is 11.5 Å². The smallest absolute Gasteiger partial charge is 0.333 e. The lowest BCUT2D eigenvalue weighted by molar-refractivity contribution is -0.377. The molecule has 53 heavy (non-hydrogen) atoms. The number of hydrogen-bond donors (Lipinski definition) is 2. The SMILES string of the molecule is COc1ccc(C(Cc2c(Cl)c[nH+]cc2Cl)OC(=O)CNC(=O)c2cccc(NC(C(=O)O[C@H]3CN4CCC3CC4)c3ccccc3F)c2)cc1OC. The summed E-state index contributed by atoms with van der Waals surface area (Å²) in [6.45, 7) is 2.15. The number of rotatable bonds is 14. The lowest BCUT2D eigenvalue weighted by atomic mass is 9.86. The molecule has 1 amide bonds. The first-order valence-corrected chi connectivity index (χ1v) is 18.0. The molecule has 2 unspecified atom stereocenters. The highest BCUT2D eigenvalue weighted by molar-refractivity contribution is 6.35. The number of halogens is 3. The van der Waals surface area contributed by atoms with E-state index in [1.807, 2.05) is 0 Å². The van der Waals surface area contributed by atoms with Gasteiger partial charge in [-0.15, -0.1) is 0 Å². The first-order valence-electron chi connectivity index (χ1n) is 17.2. The zero-order chi connectivity index (χ0) is 37.5. The number of piperidine rings is 3. The van der Waals surface area contributed by atoms with Gasteiger partial charge in [0.25, 0.3) is 5.91 Å². The number of ether oxygens (including phenoxy) is 4. The predicted octanol–water partition coefficient (Wildman–Crippen LogP) is 6.01. The second kappa shape index (κ2) is 17.3. The van der Waals surface area contributed by atoms with Gasteiger partial charge in [0, 0.05) is 35.3 Å². The van der Waals surface area contributed by atoms with Gasteiger partial charge in [-0.1, -0.05) is 53.5 Å². The molecule has 0 saturated carbocycles. The van der Waals surface area contributed by atoms with Crippen LogP contribution in [0.2, 0.25) is 10.0 Å². The summed E-state index contributed by atoms with van der Waals surface area (Å²) in [5.41, 5.74) is 1.82. The summed E-state index contributed by atoms with van der Waals surface area (Å²) >= 11 is 12.9. The number of aromatic nitrogens is 1. The van der Waals surface area contributed by atoms with Crippen molar-refractivity contribution in [3.63, 3.8) is 0 Å². The molecular formula is C39H40Cl2FN4O7+. The fraction of sp³-hybridized carbons (Fsp3) is 0.333. The number of H-pyrrole nitrogens is 1. The van der Waals surface area contributed by atoms with Crippen molar-refractivity contribution in [3.05, 3.63) is 117 Å². The molecule has 3 aromatic carbocycles. The van der Waals surface area contributed by atoms with Gasteiger partial charge in [-0.25, -0.2) is 14.2 Å². The van der Waals surface area contributed by atoms with Gasteiger partial charge in [-0.3, -0.25) is 14.5 Å². The van der Waals surface area contributed by atoms with E-state index in [-0.39, 0.29) is 29.6 Å². The number of carbonyl (C=O) groups excluding carboxylic acids is 3. The van der Waals surface area contributed by atoms with Gasteiger partial charge in [0.15, 0.2) is 29.9 Å². The summed E-state index contributed by atoms with van der Waals surface area (Å²) in [5.74, 6) is -1.28. The molecule has 0 radical (unpaired) electrons. The summed E-state index contributed by atoms with van der Waals surface area (Å²) in [6, 6.07) is 16.3. The monoisotopic (exact) mass is 765 g/mol. The summed E-state index contributed by atoms with van der Waals surface area (Å²) in [6.07, 6.45) is 4.03. The van der Waals surface area contributed by atoms with Crippen LogP contribution < -0.4 is 25.1 Å². The fourth-order valence-electron chi connectivity index (χ4n) is 6.74. The number of anilines is 1. The molecule has 3 aliphatic rings. The molecule has 4 heterocycles. The number of nitrogens with one attached hydrogen (secondary N) is 3. The summed E-state index contributed by atoms with van der Waals surface area (Å²) < 4.78 is 37.7. The Hall–Kier alpha value is -4.91. The maximum Gasteiger partial charge on any atom is 0.333 e. The summed E-state index contributed by atoms with van der Waals surface area (Å²) in [4.78, 5) is 45.3. The van der Waals surface area contributed by atoms with Crippen molar-refractivity contribution in [2.75, 3.05) is 45.7 Å². The quantitative estimate of drug-likeness (QED) is 0.148. The van der Waals surface area contributed by atoms with E-state index in [1.54, 1.807) is 60.9 Å². The Kier molecular flexibility index (Phi) is 12.3. The molecular weight excluding hydrogens is 726 g/mol. The summed E-state index contributed by atoms with van der Waals surface area (Å²) in [5, 5.41) is 6.38. The molecule has 3 saturated heterocycles. The average Bonchev–Trinajstić information content (AvgIpc) is 3.17. The van der Waals surface area contributed by atoms with Crippen LogP contribution in [-0.4, -0.2) is 69.2 Å². The molecule has 14 heteroatoms. The number of aromatic amines is 1. The molecule has 1 aromatic heterocycles. The minimum atomic E-state index is -1.17. The van der Waals surface area contributed by atoms with E-state index in [1.165, 1.54) is 32.4 Å². The third kappa shape index (κ3) is 9.19. The number of hydrogen-bond acceptors (Lipinski definition) is 9. The normalized spacial score (nSPS) is 18.7. The highest BCUT2D eigenvalue weighted by Crippen LogP contribution is 2.35. The first-order chi connectivity index (χ1) is 25.6. The van der Waals surface area contributed by atoms with Crippen LogP contribution in [0.15, 0.2) is 79.1 Å². The fourth-order valence-corrected chi connectivity index (χ4v) is 7.28. The number of fused-ring (bicyclic) bond motifs is 3. The van der Waals surface area contributed by atoms with Crippen LogP contribution in [-0.2, 0) is 25.5 Å². The minimum absolute atomic E-state index is 0.122. The Balaban J connectivity index is 1.14. The standard InChI is InChI=1S/C39H39Cl2FN4O7/c1-50-32-11-10-24(17-34(32)51-2)33(18-28-29(40)19-43-20-30(28)41)52-36(47)21-44-38(48)25-6-5-7-26(16-25)45-37(27-8-3-4-9-31(27)42)39(49)53-35-22-46-14-12-23(35)13-15-46/h3-11,16-17,19-20,23,33,35,37,45H,12-15,18,21-22H2,1-2H3,(H,44,48)/p+1/t33?,35-,37?/m0/s1. The average molecular weight is 767 g/mol. The van der Waals surface area contributed by atoms with E-state index < -0.39 is 42.4 Å². The molecule has 11 nitrogen and oxygen atoms in total. The topological polar surface area (TPSA) is 130 Å². The van der Waals surface area contributed by atoms with Crippen LogP contribution in [0.4, 0.5) is 10.1 Å². The van der Waals surface area contributed by atoms with Crippen molar-refractivity contribution in [1.82, 2.24) is 10.2 Å². The second-order valence-corrected chi connectivity index (χ2v) is 13.7. The molecule has 3 N–H and O–H groups in total. The Morgan fingerprint density at radius 3 is 2.36 bits per heavy atom. The lowest BCUT2D eigenvalue weighted by Crippen LogP contribution is -2.52. The van der Waals surface area contributed by atoms with Crippen LogP contribution in [0, 0.1) is 11.7 Å². The highest BCUT2D eigenvalue weighted by atomic mass is 35.5. The van der Waals surface area contributed by atoms with Gasteiger partial charge in [0.05, 0.1) is 14.2 Å². The number of carbonyl (C=O) groups is 3. The Bertz CT molecular complexity index is 1940. The predicted molar refractivity (Wildman–Crippen MR) is 196 cm³/mol. The minimum Gasteiger partial charge on any atom is -0.493 e. The number of nitrogens with zero attached hydrogens (tertiary/aromatic N) is 1. The van der Waals surface area contributed by atoms with E-state index in [9.17, 15) is 14.4 Å². The van der Waals surface area contributed by atoms with Crippen LogP contribution in [0.1, 0.15) is 52.0 Å². The van der Waals surface area contributed by atoms with Crippen LogP contribution in [0.25, 0.3) is 0 Å². The van der Waals surface area contributed by atoms with Crippen molar-refractivity contribution >= 4 is 46.7 Å². The molecule has 7 rings (SSSR count). The number of benzene rings is 3. The maximum absolute atomic E-state index is 15.1. The van der Waals surface area contributed by atoms with Gasteiger partial charge in [-0.05, 0) is 73.8 Å². The van der Waals surface area contributed by atoms with Gasteiger partial charge in [-0.2, -0.15) is 0 Å². The van der Waals surface area contributed by atoms with Crippen molar-refractivity contribution in [2.24, 2.45) is 5.92 Å². The molecule has 278 valence electrons. The Morgan fingerprint density at radius 1 is 0.943 bits per heavy atom. The van der Waals surface area contributed by atoms with Gasteiger partial charge >= 0.3 is 11.9 Å². The second-order valence-electron chi connectivity index (χ2n) is 12.9. The van der Waals surface area contributed by atoms with E-state index >= 15 is 4.39 Å². The largest absolute Gasteiger partial charge is 0.493 e. The number of amides is 1. The van der Waals surface area contributed by atoms with Crippen molar-refractivity contribution in [2.45, 2.75) is 37.5 Å². The maximum atomic E-state index is 15.1. The zero-order valence-corrected chi connectivity index (χ0v) is 30.7. The third-order valence-electron chi connectivity index (χ3n) is 9.58. The number of pyridine rings is 1. The van der Waals surface area contributed by atoms with E-state index in [4.69, 9.17) is 42.1 Å². The number of methoxy groups -OCH3 is 2. The zero-order valence-electron chi connectivity index (χ0n) is 29.2.